The number of aliphatic hydroxyl groups excluding tert-OH is 2. The number of aliphatic hydroxyl groups is 2. The molecule has 4 nitrogen and oxygen atoms in total. The van der Waals surface area contributed by atoms with E-state index in [0.717, 1.165) is 4.90 Å². The van der Waals surface area contributed by atoms with E-state index in [4.69, 9.17) is 10.4 Å². The minimum absolute atomic E-state index is 0.174. The number of nitrogens with zero attached hydrogens (tertiary/aromatic N) is 2. The van der Waals surface area contributed by atoms with E-state index >= 15 is 0 Å². The summed E-state index contributed by atoms with van der Waals surface area (Å²) in [4.78, 5) is 0.933. The summed E-state index contributed by atoms with van der Waals surface area (Å²) in [5, 5.41) is 27.3. The van der Waals surface area contributed by atoms with Gasteiger partial charge >= 0.3 is 6.18 Å². The van der Waals surface area contributed by atoms with Gasteiger partial charge in [0.05, 0.1) is 30.9 Å². The molecule has 0 saturated heterocycles. The zero-order chi connectivity index (χ0) is 15.2. The van der Waals surface area contributed by atoms with Crippen LogP contribution in [-0.2, 0) is 0 Å². The van der Waals surface area contributed by atoms with Crippen molar-refractivity contribution in [1.29, 1.82) is 5.26 Å². The highest BCUT2D eigenvalue weighted by Crippen LogP contribution is 2.20. The Morgan fingerprint density at radius 2 is 1.85 bits per heavy atom. The molecule has 0 aliphatic rings. The fourth-order valence-corrected chi connectivity index (χ4v) is 1.76. The molecule has 1 aromatic rings. The fourth-order valence-electron chi connectivity index (χ4n) is 1.76. The zero-order valence-corrected chi connectivity index (χ0v) is 10.6. The number of hydrogen-bond acceptors (Lipinski definition) is 4. The van der Waals surface area contributed by atoms with Crippen LogP contribution in [0.5, 0.6) is 0 Å². The Labute approximate surface area is 114 Å². The Balaban J connectivity index is 2.69. The summed E-state index contributed by atoms with van der Waals surface area (Å²) >= 11 is 0. The number of nitriles is 1. The van der Waals surface area contributed by atoms with Crippen molar-refractivity contribution < 1.29 is 23.4 Å². The fraction of sp³-hybridized carbons (Fsp3) is 0.462. The van der Waals surface area contributed by atoms with E-state index in [9.17, 15) is 18.3 Å². The van der Waals surface area contributed by atoms with Crippen LogP contribution in [0.3, 0.4) is 0 Å². The summed E-state index contributed by atoms with van der Waals surface area (Å²) in [5.41, 5.74) is 0.831. The molecule has 0 amide bonds. The van der Waals surface area contributed by atoms with Crippen LogP contribution >= 0.6 is 0 Å². The Hall–Kier alpha value is -1.62. The van der Waals surface area contributed by atoms with Gasteiger partial charge in [-0.15, -0.1) is 0 Å². The van der Waals surface area contributed by atoms with E-state index < -0.39 is 25.4 Å². The summed E-state index contributed by atoms with van der Waals surface area (Å²) in [6.07, 6.45) is -5.50. The summed E-state index contributed by atoms with van der Waals surface area (Å²) in [5.74, 6) is 0. The van der Waals surface area contributed by atoms with Gasteiger partial charge in [-0.25, -0.2) is 0 Å². The maximum absolute atomic E-state index is 12.3. The van der Waals surface area contributed by atoms with Gasteiger partial charge in [0.15, 0.2) is 0 Å². The predicted molar refractivity (Wildman–Crippen MR) is 65.7 cm³/mol. The molecule has 0 radical (unpaired) electrons. The summed E-state index contributed by atoms with van der Waals surface area (Å²) < 4.78 is 37.0. The SMILES string of the molecule is N#Cc1ccc(C(O)CN(CCO)CC(F)(F)F)cc1. The first-order valence-corrected chi connectivity index (χ1v) is 5.94. The molecule has 110 valence electrons. The minimum atomic E-state index is -4.39. The third-order valence-electron chi connectivity index (χ3n) is 2.67. The lowest BCUT2D eigenvalue weighted by atomic mass is 10.1. The Morgan fingerprint density at radius 3 is 2.30 bits per heavy atom. The maximum atomic E-state index is 12.3. The van der Waals surface area contributed by atoms with E-state index in [1.807, 2.05) is 6.07 Å². The lowest BCUT2D eigenvalue weighted by Gasteiger charge is -2.25. The third-order valence-corrected chi connectivity index (χ3v) is 2.67. The van der Waals surface area contributed by atoms with E-state index in [1.165, 1.54) is 24.3 Å². The van der Waals surface area contributed by atoms with Crippen LogP contribution in [0.1, 0.15) is 17.2 Å². The minimum Gasteiger partial charge on any atom is -0.395 e. The Morgan fingerprint density at radius 1 is 1.25 bits per heavy atom. The van der Waals surface area contributed by atoms with Gasteiger partial charge in [0, 0.05) is 13.1 Å². The molecule has 1 atom stereocenters. The average Bonchev–Trinajstić information content (AvgIpc) is 2.37. The molecule has 0 bridgehead atoms. The molecule has 7 heteroatoms. The van der Waals surface area contributed by atoms with Crippen molar-refractivity contribution >= 4 is 0 Å². The molecule has 2 N–H and O–H groups in total. The van der Waals surface area contributed by atoms with E-state index in [2.05, 4.69) is 0 Å². The van der Waals surface area contributed by atoms with Crippen molar-refractivity contribution in [2.75, 3.05) is 26.2 Å². The van der Waals surface area contributed by atoms with Gasteiger partial charge in [-0.1, -0.05) is 12.1 Å². The highest BCUT2D eigenvalue weighted by Gasteiger charge is 2.31. The maximum Gasteiger partial charge on any atom is 0.401 e. The standard InChI is InChI=1S/C13H15F3N2O2/c14-13(15,16)9-18(5-6-19)8-12(20)11-3-1-10(7-17)2-4-11/h1-4,12,19-20H,5-6,8-9H2. The quantitative estimate of drug-likeness (QED) is 0.831. The lowest BCUT2D eigenvalue weighted by molar-refractivity contribution is -0.149. The van der Waals surface area contributed by atoms with Crippen LogP contribution in [0.15, 0.2) is 24.3 Å². The van der Waals surface area contributed by atoms with Crippen LogP contribution in [-0.4, -0.2) is 47.5 Å². The van der Waals surface area contributed by atoms with Crippen LogP contribution in [0, 0.1) is 11.3 Å². The normalized spacial score (nSPS) is 13.2. The van der Waals surface area contributed by atoms with Gasteiger partial charge in [0.1, 0.15) is 0 Å². The summed E-state index contributed by atoms with van der Waals surface area (Å²) in [7, 11) is 0. The Bertz CT molecular complexity index is 454. The summed E-state index contributed by atoms with van der Waals surface area (Å²) in [6, 6.07) is 7.87. The van der Waals surface area contributed by atoms with Crippen LogP contribution < -0.4 is 0 Å². The van der Waals surface area contributed by atoms with Gasteiger partial charge in [-0.05, 0) is 17.7 Å². The van der Waals surface area contributed by atoms with Crippen molar-refractivity contribution in [2.45, 2.75) is 12.3 Å². The molecular formula is C13H15F3N2O2. The molecule has 1 unspecified atom stereocenters. The van der Waals surface area contributed by atoms with E-state index in [1.54, 1.807) is 0 Å². The van der Waals surface area contributed by atoms with Crippen molar-refractivity contribution in [1.82, 2.24) is 4.90 Å². The molecule has 0 aliphatic heterocycles. The second kappa shape index (κ2) is 7.24. The molecule has 20 heavy (non-hydrogen) atoms. The lowest BCUT2D eigenvalue weighted by Crippen LogP contribution is -2.38. The highest BCUT2D eigenvalue weighted by molar-refractivity contribution is 5.32. The number of hydrogen-bond donors (Lipinski definition) is 2. The van der Waals surface area contributed by atoms with Gasteiger partial charge in [-0.2, -0.15) is 18.4 Å². The largest absolute Gasteiger partial charge is 0.401 e. The average molecular weight is 288 g/mol. The molecule has 0 saturated carbocycles. The van der Waals surface area contributed by atoms with Crippen molar-refractivity contribution in [3.05, 3.63) is 35.4 Å². The van der Waals surface area contributed by atoms with Crippen LogP contribution in [0.25, 0.3) is 0 Å². The van der Waals surface area contributed by atoms with Gasteiger partial charge < -0.3 is 10.2 Å². The predicted octanol–water partition coefficient (Wildman–Crippen LogP) is 1.45. The summed E-state index contributed by atoms with van der Waals surface area (Å²) in [6.45, 7) is -2.03. The van der Waals surface area contributed by atoms with Gasteiger partial charge in [0.25, 0.3) is 0 Å². The molecule has 0 heterocycles. The molecule has 0 spiro atoms. The van der Waals surface area contributed by atoms with Crippen molar-refractivity contribution in [3.63, 3.8) is 0 Å². The monoisotopic (exact) mass is 288 g/mol. The first kappa shape index (κ1) is 16.4. The van der Waals surface area contributed by atoms with Crippen molar-refractivity contribution in [3.8, 4) is 6.07 Å². The molecule has 0 fully saturated rings. The van der Waals surface area contributed by atoms with E-state index in [0.29, 0.717) is 11.1 Å². The smallest absolute Gasteiger partial charge is 0.395 e. The second-order valence-corrected chi connectivity index (χ2v) is 4.32. The molecule has 0 aliphatic carbocycles. The zero-order valence-electron chi connectivity index (χ0n) is 10.6. The van der Waals surface area contributed by atoms with E-state index in [-0.39, 0.29) is 13.1 Å². The molecule has 1 rings (SSSR count). The molecule has 1 aromatic carbocycles. The van der Waals surface area contributed by atoms with Crippen molar-refractivity contribution in [2.24, 2.45) is 0 Å². The van der Waals surface area contributed by atoms with Gasteiger partial charge in [0.2, 0.25) is 0 Å². The number of benzene rings is 1. The topological polar surface area (TPSA) is 67.5 Å². The number of alkyl halides is 3. The first-order chi connectivity index (χ1) is 9.35. The molecule has 0 aromatic heterocycles. The first-order valence-electron chi connectivity index (χ1n) is 5.94. The van der Waals surface area contributed by atoms with Crippen LogP contribution in [0.2, 0.25) is 0 Å². The van der Waals surface area contributed by atoms with Crippen LogP contribution in [0.4, 0.5) is 13.2 Å². The van der Waals surface area contributed by atoms with Gasteiger partial charge in [-0.3, -0.25) is 4.90 Å². The third kappa shape index (κ3) is 5.57. The second-order valence-electron chi connectivity index (χ2n) is 4.32. The molecular weight excluding hydrogens is 273 g/mol. The number of halogens is 3. The number of rotatable bonds is 6. The highest BCUT2D eigenvalue weighted by atomic mass is 19.4. The Kier molecular flexibility index (Phi) is 5.95.